The van der Waals surface area contributed by atoms with Crippen LogP contribution in [0.3, 0.4) is 0 Å². The van der Waals surface area contributed by atoms with Crippen molar-refractivity contribution in [3.05, 3.63) is 34.4 Å². The van der Waals surface area contributed by atoms with Crippen molar-refractivity contribution in [2.75, 3.05) is 0 Å². The Hall–Kier alpha value is -2.88. The van der Waals surface area contributed by atoms with E-state index in [1.54, 1.807) is 34.0 Å². The van der Waals surface area contributed by atoms with Gasteiger partial charge in [0.1, 0.15) is 10.0 Å². The number of rotatable bonds is 2. The van der Waals surface area contributed by atoms with Crippen molar-refractivity contribution >= 4 is 78.6 Å². The lowest BCUT2D eigenvalue weighted by atomic mass is 9.74. The Morgan fingerprint density at radius 2 is 0.867 bits per heavy atom. The van der Waals surface area contributed by atoms with Crippen LogP contribution in [-0.4, -0.2) is 34.6 Å². The van der Waals surface area contributed by atoms with E-state index in [9.17, 15) is 19.2 Å². The molecule has 0 N–H and O–H groups in total. The van der Waals surface area contributed by atoms with E-state index in [0.29, 0.717) is 0 Å². The van der Waals surface area contributed by atoms with Crippen LogP contribution < -0.4 is 0 Å². The summed E-state index contributed by atoms with van der Waals surface area (Å²) in [5.41, 5.74) is 4.95. The van der Waals surface area contributed by atoms with Gasteiger partial charge in [0.15, 0.2) is 34.6 Å². The van der Waals surface area contributed by atoms with Crippen molar-refractivity contribution in [1.82, 2.24) is 0 Å². The second-order valence-electron chi connectivity index (χ2n) is 14.8. The first-order valence-electron chi connectivity index (χ1n) is 16.3. The number of fused-ring (bicyclic) bond motifs is 9. The lowest BCUT2D eigenvalue weighted by molar-refractivity contribution is -0.120. The molecule has 4 atom stereocenters. The average Bonchev–Trinajstić information content (AvgIpc) is 3.86. The topological polar surface area (TPSA) is 93.0 Å². The van der Waals surface area contributed by atoms with Gasteiger partial charge in [-0.05, 0) is 60.1 Å². The summed E-state index contributed by atoms with van der Waals surface area (Å²) in [6.07, 6.45) is 7.24. The van der Waals surface area contributed by atoms with Gasteiger partial charge in [-0.15, -0.1) is 34.0 Å². The number of thiophene rings is 3. The van der Waals surface area contributed by atoms with E-state index in [2.05, 4.69) is 39.8 Å². The maximum absolute atomic E-state index is 13.2. The monoisotopic (exact) mass is 654 g/mol. The molecule has 6 aliphatic carbocycles. The molecule has 3 aromatic rings. The molecule has 0 bridgehead atoms. The van der Waals surface area contributed by atoms with Gasteiger partial charge in [-0.25, -0.2) is 9.98 Å². The van der Waals surface area contributed by atoms with E-state index in [0.717, 1.165) is 61.4 Å². The zero-order chi connectivity index (χ0) is 31.2. The van der Waals surface area contributed by atoms with Crippen LogP contribution in [0.5, 0.6) is 0 Å². The largest absolute Gasteiger partial charge is 0.292 e. The molecule has 4 fully saturated rings. The van der Waals surface area contributed by atoms with Crippen molar-refractivity contribution in [2.45, 2.75) is 89.9 Å². The molecule has 4 unspecified atom stereocenters. The van der Waals surface area contributed by atoms with Crippen molar-refractivity contribution in [1.29, 1.82) is 0 Å². The molecular formula is C36H34N2O4S3. The van der Waals surface area contributed by atoms with Gasteiger partial charge < -0.3 is 0 Å². The van der Waals surface area contributed by atoms with Crippen LogP contribution >= 0.6 is 34.0 Å². The summed E-state index contributed by atoms with van der Waals surface area (Å²) in [5.74, 6) is -0.923. The highest BCUT2D eigenvalue weighted by Crippen LogP contribution is 2.67. The number of Topliss-reactive ketones (excluding diaryl/α,β-unsaturated/α-hetero) is 4. The second kappa shape index (κ2) is 9.35. The summed E-state index contributed by atoms with van der Waals surface area (Å²) in [4.78, 5) is 67.0. The van der Waals surface area contributed by atoms with Gasteiger partial charge in [0, 0.05) is 44.3 Å². The molecule has 0 spiro atoms. The van der Waals surface area contributed by atoms with Crippen LogP contribution in [0.15, 0.2) is 22.1 Å². The van der Waals surface area contributed by atoms with Crippen molar-refractivity contribution < 1.29 is 19.2 Å². The SMILES string of the molecule is CC1(C)c2cc(N=C3C(=O)C4CCCCC4C3=O)sc2-c2sc3c(c21)C(C)(C)c1cc(N=C2C(=O)C4CCCCC4C2=O)sc1-3. The number of hydrogen-bond acceptors (Lipinski definition) is 9. The Bertz CT molecular complexity index is 1790. The quantitative estimate of drug-likeness (QED) is 0.277. The maximum Gasteiger partial charge on any atom is 0.188 e. The normalized spacial score (nSPS) is 28.6. The molecule has 3 heterocycles. The number of aliphatic imine (C=N–C) groups is 2. The molecule has 0 saturated heterocycles. The van der Waals surface area contributed by atoms with Gasteiger partial charge >= 0.3 is 0 Å². The third-order valence-electron chi connectivity index (χ3n) is 11.6. The van der Waals surface area contributed by atoms with Gasteiger partial charge in [-0.2, -0.15) is 0 Å². The number of ketones is 4. The molecule has 0 amide bonds. The molecule has 45 heavy (non-hydrogen) atoms. The summed E-state index contributed by atoms with van der Waals surface area (Å²) in [5, 5.41) is 1.48. The van der Waals surface area contributed by atoms with Gasteiger partial charge in [0.25, 0.3) is 0 Å². The fraction of sp³-hybridized carbons (Fsp3) is 0.500. The highest BCUT2D eigenvalue weighted by atomic mass is 32.1. The third kappa shape index (κ3) is 3.66. The third-order valence-corrected chi connectivity index (χ3v) is 15.2. The molecule has 0 radical (unpaired) electrons. The van der Waals surface area contributed by atoms with E-state index in [-0.39, 0.29) is 69.1 Å². The lowest BCUT2D eigenvalue weighted by Crippen LogP contribution is -2.22. The minimum atomic E-state index is -0.255. The van der Waals surface area contributed by atoms with E-state index in [4.69, 9.17) is 9.98 Å². The first-order valence-corrected chi connectivity index (χ1v) is 18.7. The second-order valence-corrected chi connectivity index (χ2v) is 17.9. The summed E-state index contributed by atoms with van der Waals surface area (Å²) in [6.45, 7) is 9.08. The standard InChI is InChI=1S/C36H34N2O4S3/c1-35(2)19-13-21(37-25-27(39)15-9-5-6-10-16(15)28(25)40)43-31(19)33-23(35)24-34(45-33)32-20(36(24,3)4)14-22(44-32)38-26-29(41)17-11-7-8-12-18(17)30(26)42/h13-18H,5-12H2,1-4H3. The minimum absolute atomic E-state index is 0.0561. The molecule has 9 rings (SSSR count). The minimum Gasteiger partial charge on any atom is -0.292 e. The summed E-state index contributed by atoms with van der Waals surface area (Å²) < 4.78 is 0. The molecule has 6 aliphatic rings. The predicted molar refractivity (Wildman–Crippen MR) is 180 cm³/mol. The van der Waals surface area contributed by atoms with Crippen molar-refractivity contribution in [2.24, 2.45) is 33.7 Å². The van der Waals surface area contributed by atoms with Crippen LogP contribution in [0.1, 0.15) is 101 Å². The molecule has 9 heteroatoms. The Labute approximate surface area is 274 Å². The van der Waals surface area contributed by atoms with Gasteiger partial charge in [0.05, 0.1) is 9.75 Å². The lowest BCUT2D eigenvalue weighted by Gasteiger charge is -2.28. The smallest absolute Gasteiger partial charge is 0.188 e. The van der Waals surface area contributed by atoms with E-state index < -0.39 is 0 Å². The van der Waals surface area contributed by atoms with Crippen molar-refractivity contribution in [3.63, 3.8) is 0 Å². The Morgan fingerprint density at radius 1 is 0.533 bits per heavy atom. The summed E-state index contributed by atoms with van der Waals surface area (Å²) >= 11 is 4.99. The Balaban J connectivity index is 1.10. The number of hydrogen-bond donors (Lipinski definition) is 0. The zero-order valence-electron chi connectivity index (χ0n) is 25.9. The van der Waals surface area contributed by atoms with E-state index in [1.165, 1.54) is 41.8 Å². The number of nitrogens with zero attached hydrogens (tertiary/aromatic N) is 2. The molecule has 230 valence electrons. The van der Waals surface area contributed by atoms with Crippen LogP contribution in [0.2, 0.25) is 0 Å². The van der Waals surface area contributed by atoms with Crippen molar-refractivity contribution in [3.8, 4) is 19.5 Å². The highest BCUT2D eigenvalue weighted by Gasteiger charge is 2.52. The van der Waals surface area contributed by atoms with Crippen LogP contribution in [0.25, 0.3) is 19.5 Å². The summed E-state index contributed by atoms with van der Waals surface area (Å²) in [7, 11) is 0. The van der Waals surface area contributed by atoms with Crippen LogP contribution in [0.4, 0.5) is 10.0 Å². The molecule has 4 saturated carbocycles. The summed E-state index contributed by atoms with van der Waals surface area (Å²) in [6, 6.07) is 4.21. The zero-order valence-corrected chi connectivity index (χ0v) is 28.3. The molecule has 0 aromatic carbocycles. The van der Waals surface area contributed by atoms with Crippen LogP contribution in [-0.2, 0) is 30.0 Å². The maximum atomic E-state index is 13.2. The van der Waals surface area contributed by atoms with Gasteiger partial charge in [-0.1, -0.05) is 53.4 Å². The first kappa shape index (κ1) is 28.4. The average molecular weight is 655 g/mol. The van der Waals surface area contributed by atoms with E-state index in [1.807, 2.05) is 0 Å². The number of carbonyl (C=O) groups excluding carboxylic acids is 4. The first-order chi connectivity index (χ1) is 21.5. The van der Waals surface area contributed by atoms with Gasteiger partial charge in [0.2, 0.25) is 0 Å². The van der Waals surface area contributed by atoms with E-state index >= 15 is 0 Å². The Kier molecular flexibility index (Phi) is 5.89. The molecule has 3 aromatic heterocycles. The molecular weight excluding hydrogens is 621 g/mol. The fourth-order valence-electron chi connectivity index (χ4n) is 9.25. The highest BCUT2D eigenvalue weighted by molar-refractivity contribution is 7.29. The van der Waals surface area contributed by atoms with Gasteiger partial charge in [-0.3, -0.25) is 19.2 Å². The fourth-order valence-corrected chi connectivity index (χ4v) is 13.6. The predicted octanol–water partition coefficient (Wildman–Crippen LogP) is 8.55. The molecule has 6 nitrogen and oxygen atoms in total. The molecule has 0 aliphatic heterocycles. The van der Waals surface area contributed by atoms with Crippen LogP contribution in [0, 0.1) is 23.7 Å². The number of carbonyl (C=O) groups is 4. The Morgan fingerprint density at radius 3 is 1.20 bits per heavy atom.